The largest absolute Gasteiger partial charge is 0.467 e. The van der Waals surface area contributed by atoms with Crippen molar-refractivity contribution >= 4 is 11.9 Å². The van der Waals surface area contributed by atoms with E-state index in [-0.39, 0.29) is 12.0 Å². The highest BCUT2D eigenvalue weighted by molar-refractivity contribution is 5.81. The Morgan fingerprint density at radius 2 is 2.21 bits per heavy atom. The fraction of sp³-hybridized carbons (Fsp3) is 0.667. The summed E-state index contributed by atoms with van der Waals surface area (Å²) in [5, 5.41) is 6.72. The Morgan fingerprint density at radius 1 is 1.38 bits per heavy atom. The van der Waals surface area contributed by atoms with Crippen molar-refractivity contribution in [3.8, 4) is 0 Å². The molecule has 1 atom stereocenters. The van der Waals surface area contributed by atoms with Gasteiger partial charge in [-0.2, -0.15) is 0 Å². The van der Waals surface area contributed by atoms with Crippen LogP contribution in [0.15, 0.2) is 27.8 Å². The monoisotopic (exact) mass is 332 g/mol. The fourth-order valence-electron chi connectivity index (χ4n) is 3.58. The number of nitrogens with zero attached hydrogens (tertiary/aromatic N) is 2. The van der Waals surface area contributed by atoms with Gasteiger partial charge in [-0.05, 0) is 38.3 Å². The van der Waals surface area contributed by atoms with E-state index in [4.69, 9.17) is 4.42 Å². The summed E-state index contributed by atoms with van der Waals surface area (Å²) in [7, 11) is 0. The van der Waals surface area contributed by atoms with Crippen molar-refractivity contribution in [2.75, 3.05) is 19.6 Å². The maximum Gasteiger partial charge on any atom is 0.225 e. The van der Waals surface area contributed by atoms with Gasteiger partial charge in [-0.3, -0.25) is 4.79 Å². The second-order valence-electron chi connectivity index (χ2n) is 6.67. The lowest BCUT2D eigenvalue weighted by molar-refractivity contribution is -0.134. The molecule has 132 valence electrons. The van der Waals surface area contributed by atoms with E-state index < -0.39 is 0 Å². The third kappa shape index (κ3) is 4.30. The van der Waals surface area contributed by atoms with Crippen LogP contribution < -0.4 is 10.6 Å². The first-order valence-corrected chi connectivity index (χ1v) is 9.12. The molecule has 0 spiro atoms. The van der Waals surface area contributed by atoms with Crippen molar-refractivity contribution in [2.24, 2.45) is 10.9 Å². The number of amides is 1. The van der Waals surface area contributed by atoms with Crippen LogP contribution in [0.3, 0.4) is 0 Å². The van der Waals surface area contributed by atoms with Gasteiger partial charge < -0.3 is 20.0 Å². The van der Waals surface area contributed by atoms with Crippen LogP contribution in [0, 0.1) is 5.92 Å². The second kappa shape index (κ2) is 8.22. The number of carbonyl (C=O) groups is 1. The molecule has 0 radical (unpaired) electrons. The number of hydrogen-bond donors (Lipinski definition) is 2. The number of rotatable bonds is 5. The van der Waals surface area contributed by atoms with Crippen molar-refractivity contribution in [1.29, 1.82) is 0 Å². The molecule has 1 aromatic rings. The fourth-order valence-corrected chi connectivity index (χ4v) is 3.58. The Balaban J connectivity index is 1.51. The number of carbonyl (C=O) groups excluding carboxylic acids is 1. The van der Waals surface area contributed by atoms with Crippen LogP contribution in [0.25, 0.3) is 0 Å². The van der Waals surface area contributed by atoms with Crippen molar-refractivity contribution < 1.29 is 9.21 Å². The van der Waals surface area contributed by atoms with Gasteiger partial charge in [0.05, 0.1) is 6.26 Å². The zero-order chi connectivity index (χ0) is 16.8. The van der Waals surface area contributed by atoms with E-state index >= 15 is 0 Å². The van der Waals surface area contributed by atoms with Gasteiger partial charge in [0.2, 0.25) is 5.91 Å². The Kier molecular flexibility index (Phi) is 5.77. The maximum absolute atomic E-state index is 12.5. The van der Waals surface area contributed by atoms with E-state index in [0.29, 0.717) is 12.5 Å². The second-order valence-corrected chi connectivity index (χ2v) is 6.67. The highest BCUT2D eigenvalue weighted by Gasteiger charge is 2.32. The molecule has 0 bridgehead atoms. The van der Waals surface area contributed by atoms with Gasteiger partial charge in [-0.15, -0.1) is 0 Å². The molecule has 2 fully saturated rings. The molecule has 2 N–H and O–H groups in total. The Labute approximate surface area is 143 Å². The number of likely N-dealkylation sites (tertiary alicyclic amines) is 1. The summed E-state index contributed by atoms with van der Waals surface area (Å²) in [5.74, 6) is 2.25. The molecule has 1 aliphatic heterocycles. The molecule has 1 aliphatic carbocycles. The minimum absolute atomic E-state index is 0.268. The van der Waals surface area contributed by atoms with Gasteiger partial charge in [0, 0.05) is 31.6 Å². The Bertz CT molecular complexity index is 549. The van der Waals surface area contributed by atoms with Crippen molar-refractivity contribution in [2.45, 2.75) is 51.6 Å². The van der Waals surface area contributed by atoms with E-state index in [0.717, 1.165) is 50.6 Å². The first-order chi connectivity index (χ1) is 11.8. The predicted molar refractivity (Wildman–Crippen MR) is 93.6 cm³/mol. The lowest BCUT2D eigenvalue weighted by Gasteiger charge is -2.21. The van der Waals surface area contributed by atoms with E-state index in [1.165, 1.54) is 12.8 Å². The number of aliphatic imine (C=N–C) groups is 1. The smallest absolute Gasteiger partial charge is 0.225 e. The van der Waals surface area contributed by atoms with E-state index in [1.54, 1.807) is 6.26 Å². The van der Waals surface area contributed by atoms with Crippen LogP contribution in [0.4, 0.5) is 0 Å². The first kappa shape index (κ1) is 16.9. The molecule has 1 saturated carbocycles. The van der Waals surface area contributed by atoms with Crippen LogP contribution in [-0.2, 0) is 11.3 Å². The Morgan fingerprint density at radius 3 is 2.92 bits per heavy atom. The highest BCUT2D eigenvalue weighted by Crippen LogP contribution is 2.27. The normalized spacial score (nSPS) is 22.1. The molecule has 1 amide bonds. The molecule has 0 aromatic carbocycles. The summed E-state index contributed by atoms with van der Waals surface area (Å²) < 4.78 is 5.32. The number of nitrogens with one attached hydrogen (secondary N) is 2. The van der Waals surface area contributed by atoms with Gasteiger partial charge in [0.25, 0.3) is 0 Å². The third-order valence-corrected chi connectivity index (χ3v) is 4.86. The quantitative estimate of drug-likeness (QED) is 0.640. The number of hydrogen-bond acceptors (Lipinski definition) is 3. The van der Waals surface area contributed by atoms with Gasteiger partial charge >= 0.3 is 0 Å². The molecule has 1 unspecified atom stereocenters. The summed E-state index contributed by atoms with van der Waals surface area (Å²) in [6.45, 7) is 5.00. The van der Waals surface area contributed by atoms with Crippen molar-refractivity contribution in [3.05, 3.63) is 24.2 Å². The van der Waals surface area contributed by atoms with E-state index in [9.17, 15) is 4.79 Å². The molecule has 3 rings (SSSR count). The minimum atomic E-state index is 0.268. The van der Waals surface area contributed by atoms with E-state index in [2.05, 4.69) is 22.5 Å². The predicted octanol–water partition coefficient (Wildman–Crippen LogP) is 2.13. The molecular weight excluding hydrogens is 304 g/mol. The van der Waals surface area contributed by atoms with Crippen LogP contribution in [-0.4, -0.2) is 42.4 Å². The number of guanidine groups is 1. The Hall–Kier alpha value is -1.98. The van der Waals surface area contributed by atoms with Crippen LogP contribution in [0.5, 0.6) is 0 Å². The van der Waals surface area contributed by atoms with Crippen LogP contribution in [0.2, 0.25) is 0 Å². The average molecular weight is 332 g/mol. The molecule has 24 heavy (non-hydrogen) atoms. The standard InChI is InChI=1S/C18H28N4O2/c1-2-19-18(20-12-16-8-5-11-24-16)21-15-9-10-22(13-15)17(23)14-6-3-4-7-14/h5,8,11,14-15H,2-4,6-7,9-10,12-13H2,1H3,(H2,19,20,21). The third-order valence-electron chi connectivity index (χ3n) is 4.86. The average Bonchev–Trinajstić information content (AvgIpc) is 3.33. The molecule has 6 nitrogen and oxygen atoms in total. The zero-order valence-electron chi connectivity index (χ0n) is 14.5. The summed E-state index contributed by atoms with van der Waals surface area (Å²) >= 11 is 0. The number of furan rings is 1. The summed E-state index contributed by atoms with van der Waals surface area (Å²) in [6.07, 6.45) is 7.19. The lowest BCUT2D eigenvalue weighted by Crippen LogP contribution is -2.45. The molecule has 1 saturated heterocycles. The topological polar surface area (TPSA) is 69.9 Å². The van der Waals surface area contributed by atoms with Gasteiger partial charge in [-0.1, -0.05) is 12.8 Å². The molecular formula is C18H28N4O2. The minimum Gasteiger partial charge on any atom is -0.467 e. The van der Waals surface area contributed by atoms with Crippen molar-refractivity contribution in [1.82, 2.24) is 15.5 Å². The SMILES string of the molecule is CCNC(=NCc1ccco1)NC1CCN(C(=O)C2CCCC2)C1. The van der Waals surface area contributed by atoms with Gasteiger partial charge in [-0.25, -0.2) is 4.99 Å². The van der Waals surface area contributed by atoms with E-state index in [1.807, 2.05) is 17.0 Å². The summed E-state index contributed by atoms with van der Waals surface area (Å²) in [6, 6.07) is 4.06. The van der Waals surface area contributed by atoms with Crippen molar-refractivity contribution in [3.63, 3.8) is 0 Å². The van der Waals surface area contributed by atoms with Crippen LogP contribution >= 0.6 is 0 Å². The van der Waals surface area contributed by atoms with Gasteiger partial charge in [0.1, 0.15) is 12.3 Å². The summed E-state index contributed by atoms with van der Waals surface area (Å²) in [4.78, 5) is 19.1. The van der Waals surface area contributed by atoms with Crippen LogP contribution in [0.1, 0.15) is 44.8 Å². The molecule has 2 heterocycles. The molecule has 2 aliphatic rings. The summed E-state index contributed by atoms with van der Waals surface area (Å²) in [5.41, 5.74) is 0. The van der Waals surface area contributed by atoms with Gasteiger partial charge in [0.15, 0.2) is 5.96 Å². The molecule has 1 aromatic heterocycles. The lowest BCUT2D eigenvalue weighted by atomic mass is 10.1. The molecule has 6 heteroatoms. The zero-order valence-corrected chi connectivity index (χ0v) is 14.5. The highest BCUT2D eigenvalue weighted by atomic mass is 16.3. The first-order valence-electron chi connectivity index (χ1n) is 9.12. The maximum atomic E-state index is 12.5.